The number of hydrogen-bond donors (Lipinski definition) is 2. The molecule has 5 rings (SSSR count). The number of nitrogens with one attached hydrogen (secondary N) is 2. The molecule has 2 N–H and O–H groups in total. The van der Waals surface area contributed by atoms with Crippen LogP contribution in [0.4, 0.5) is 17.3 Å². The predicted molar refractivity (Wildman–Crippen MR) is 128 cm³/mol. The van der Waals surface area contributed by atoms with Crippen molar-refractivity contribution in [3.8, 4) is 22.6 Å². The molecule has 166 valence electrons. The van der Waals surface area contributed by atoms with Gasteiger partial charge in [-0.1, -0.05) is 30.3 Å². The Morgan fingerprint density at radius 2 is 1.68 bits per heavy atom. The maximum Gasteiger partial charge on any atom is 0.270 e. The number of nitro benzene ring substituents is 1. The zero-order valence-electron chi connectivity index (χ0n) is 17.6. The van der Waals surface area contributed by atoms with E-state index in [9.17, 15) is 14.9 Å². The highest BCUT2D eigenvalue weighted by molar-refractivity contribution is 5.92. The SMILES string of the molecule is O=c1[nH]c(Nc2ccc(Oc3ccccc3)cc2)nc2nccc(-c3cccc([N+](=O)[O-])c3)c12. The van der Waals surface area contributed by atoms with Gasteiger partial charge in [0.15, 0.2) is 5.65 Å². The highest BCUT2D eigenvalue weighted by atomic mass is 16.6. The summed E-state index contributed by atoms with van der Waals surface area (Å²) in [6.45, 7) is 0. The maximum atomic E-state index is 12.9. The lowest BCUT2D eigenvalue weighted by molar-refractivity contribution is -0.384. The normalized spacial score (nSPS) is 10.7. The Labute approximate surface area is 192 Å². The van der Waals surface area contributed by atoms with Crippen LogP contribution in [0, 0.1) is 10.1 Å². The van der Waals surface area contributed by atoms with Crippen LogP contribution in [0.25, 0.3) is 22.2 Å². The second-order valence-electron chi connectivity index (χ2n) is 7.34. The zero-order chi connectivity index (χ0) is 23.5. The van der Waals surface area contributed by atoms with Gasteiger partial charge in [0.1, 0.15) is 11.5 Å². The van der Waals surface area contributed by atoms with Gasteiger partial charge in [0.25, 0.3) is 11.2 Å². The van der Waals surface area contributed by atoms with Gasteiger partial charge in [-0.3, -0.25) is 19.9 Å². The van der Waals surface area contributed by atoms with Crippen molar-refractivity contribution >= 4 is 28.4 Å². The molecule has 0 fully saturated rings. The molecule has 0 atom stereocenters. The summed E-state index contributed by atoms with van der Waals surface area (Å²) in [5.74, 6) is 1.62. The lowest BCUT2D eigenvalue weighted by Gasteiger charge is -2.10. The van der Waals surface area contributed by atoms with Gasteiger partial charge >= 0.3 is 0 Å². The first kappa shape index (κ1) is 20.8. The first-order valence-corrected chi connectivity index (χ1v) is 10.3. The lowest BCUT2D eigenvalue weighted by Crippen LogP contribution is -2.13. The van der Waals surface area contributed by atoms with Crippen molar-refractivity contribution in [2.75, 3.05) is 5.32 Å². The van der Waals surface area contributed by atoms with Crippen molar-refractivity contribution in [3.05, 3.63) is 112 Å². The molecule has 0 aliphatic heterocycles. The Kier molecular flexibility index (Phi) is 5.41. The number of aromatic amines is 1. The molecular formula is C25H17N5O4. The smallest absolute Gasteiger partial charge is 0.270 e. The van der Waals surface area contributed by atoms with E-state index < -0.39 is 10.5 Å². The van der Waals surface area contributed by atoms with E-state index in [0.717, 1.165) is 5.75 Å². The molecule has 2 heterocycles. The number of para-hydroxylation sites is 1. The van der Waals surface area contributed by atoms with Crippen molar-refractivity contribution in [1.29, 1.82) is 0 Å². The predicted octanol–water partition coefficient (Wildman–Crippen LogP) is 5.43. The first-order valence-electron chi connectivity index (χ1n) is 10.3. The molecule has 0 saturated heterocycles. The monoisotopic (exact) mass is 451 g/mol. The Morgan fingerprint density at radius 1 is 0.912 bits per heavy atom. The molecule has 9 nitrogen and oxygen atoms in total. The first-order chi connectivity index (χ1) is 16.6. The van der Waals surface area contributed by atoms with Crippen LogP contribution in [-0.4, -0.2) is 19.9 Å². The summed E-state index contributed by atoms with van der Waals surface area (Å²) in [6.07, 6.45) is 1.52. The summed E-state index contributed by atoms with van der Waals surface area (Å²) in [5.41, 5.74) is 1.48. The summed E-state index contributed by atoms with van der Waals surface area (Å²) >= 11 is 0. The van der Waals surface area contributed by atoms with Gasteiger partial charge in [-0.05, 0) is 48.0 Å². The number of benzene rings is 3. The third-order valence-corrected chi connectivity index (χ3v) is 5.07. The summed E-state index contributed by atoms with van der Waals surface area (Å²) in [4.78, 5) is 35.0. The van der Waals surface area contributed by atoms with E-state index in [-0.39, 0.29) is 22.7 Å². The molecule has 2 aromatic heterocycles. The summed E-state index contributed by atoms with van der Waals surface area (Å²) in [7, 11) is 0. The number of non-ortho nitro benzene ring substituents is 1. The van der Waals surface area contributed by atoms with Crippen LogP contribution in [0.1, 0.15) is 0 Å². The zero-order valence-corrected chi connectivity index (χ0v) is 17.6. The number of anilines is 2. The Hall–Kier alpha value is -5.05. The number of aromatic nitrogens is 3. The van der Waals surface area contributed by atoms with E-state index in [1.165, 1.54) is 18.3 Å². The van der Waals surface area contributed by atoms with Gasteiger partial charge in [-0.15, -0.1) is 0 Å². The van der Waals surface area contributed by atoms with Gasteiger partial charge in [-0.2, -0.15) is 4.98 Å². The fraction of sp³-hybridized carbons (Fsp3) is 0. The highest BCUT2D eigenvalue weighted by Gasteiger charge is 2.14. The number of fused-ring (bicyclic) bond motifs is 1. The Bertz CT molecular complexity index is 1550. The Balaban J connectivity index is 1.43. The third kappa shape index (κ3) is 4.30. The second kappa shape index (κ2) is 8.83. The molecule has 0 spiro atoms. The van der Waals surface area contributed by atoms with E-state index in [4.69, 9.17) is 4.74 Å². The number of nitrogens with zero attached hydrogens (tertiary/aromatic N) is 3. The van der Waals surface area contributed by atoms with Crippen LogP contribution in [-0.2, 0) is 0 Å². The van der Waals surface area contributed by atoms with Crippen LogP contribution in [0.2, 0.25) is 0 Å². The molecule has 5 aromatic rings. The minimum atomic E-state index is -0.479. The average molecular weight is 451 g/mol. The van der Waals surface area contributed by atoms with Crippen LogP contribution in [0.5, 0.6) is 11.5 Å². The summed E-state index contributed by atoms with van der Waals surface area (Å²) in [6, 6.07) is 24.4. The largest absolute Gasteiger partial charge is 0.457 e. The van der Waals surface area contributed by atoms with Gasteiger partial charge in [0.05, 0.1) is 10.3 Å². The van der Waals surface area contributed by atoms with Crippen LogP contribution in [0.15, 0.2) is 95.9 Å². The lowest BCUT2D eigenvalue weighted by atomic mass is 10.0. The molecule has 0 bridgehead atoms. The number of nitro groups is 1. The summed E-state index contributed by atoms with van der Waals surface area (Å²) < 4.78 is 5.79. The number of ether oxygens (including phenoxy) is 1. The van der Waals surface area contributed by atoms with Crippen molar-refractivity contribution in [2.45, 2.75) is 0 Å². The Morgan fingerprint density at radius 3 is 2.44 bits per heavy atom. The maximum absolute atomic E-state index is 12.9. The molecular weight excluding hydrogens is 434 g/mol. The number of H-pyrrole nitrogens is 1. The third-order valence-electron chi connectivity index (χ3n) is 5.07. The fourth-order valence-corrected chi connectivity index (χ4v) is 3.52. The van der Waals surface area contributed by atoms with Crippen molar-refractivity contribution in [3.63, 3.8) is 0 Å². The molecule has 34 heavy (non-hydrogen) atoms. The van der Waals surface area contributed by atoms with Crippen LogP contribution >= 0.6 is 0 Å². The van der Waals surface area contributed by atoms with Gasteiger partial charge < -0.3 is 10.1 Å². The fourth-order valence-electron chi connectivity index (χ4n) is 3.52. The standard InChI is InChI=1S/C25H17N5O4/c31-24-22-21(16-5-4-6-18(15-16)30(32)33)13-14-26-23(22)28-25(29-24)27-17-9-11-20(12-10-17)34-19-7-2-1-3-8-19/h1-15H,(H2,26,27,28,29,31). The van der Waals surface area contributed by atoms with E-state index in [0.29, 0.717) is 22.6 Å². The van der Waals surface area contributed by atoms with Crippen molar-refractivity contribution < 1.29 is 9.66 Å². The summed E-state index contributed by atoms with van der Waals surface area (Å²) in [5, 5.41) is 14.5. The molecule has 3 aromatic carbocycles. The molecule has 0 amide bonds. The van der Waals surface area contributed by atoms with E-state index >= 15 is 0 Å². The molecule has 0 saturated carbocycles. The van der Waals surface area contributed by atoms with E-state index in [1.54, 1.807) is 42.5 Å². The minimum absolute atomic E-state index is 0.0650. The van der Waals surface area contributed by atoms with Crippen LogP contribution < -0.4 is 15.6 Å². The van der Waals surface area contributed by atoms with E-state index in [2.05, 4.69) is 20.3 Å². The average Bonchev–Trinajstić information content (AvgIpc) is 2.85. The highest BCUT2D eigenvalue weighted by Crippen LogP contribution is 2.28. The second-order valence-corrected chi connectivity index (χ2v) is 7.34. The van der Waals surface area contributed by atoms with Gasteiger partial charge in [0, 0.05) is 29.6 Å². The van der Waals surface area contributed by atoms with Gasteiger partial charge in [-0.25, -0.2) is 4.98 Å². The van der Waals surface area contributed by atoms with E-state index in [1.807, 2.05) is 30.3 Å². The number of rotatable bonds is 6. The van der Waals surface area contributed by atoms with Crippen LogP contribution in [0.3, 0.4) is 0 Å². The molecule has 0 aliphatic carbocycles. The molecule has 0 unspecified atom stereocenters. The van der Waals surface area contributed by atoms with Crippen molar-refractivity contribution in [2.24, 2.45) is 0 Å². The number of hydrogen-bond acceptors (Lipinski definition) is 7. The molecule has 0 aliphatic rings. The minimum Gasteiger partial charge on any atom is -0.457 e. The number of pyridine rings is 1. The van der Waals surface area contributed by atoms with Gasteiger partial charge in [0.2, 0.25) is 5.95 Å². The molecule has 0 radical (unpaired) electrons. The quantitative estimate of drug-likeness (QED) is 0.261. The van der Waals surface area contributed by atoms with Crippen molar-refractivity contribution in [1.82, 2.24) is 15.0 Å². The topological polar surface area (TPSA) is 123 Å². The molecule has 9 heteroatoms.